The van der Waals surface area contributed by atoms with E-state index in [2.05, 4.69) is 13.8 Å². The normalized spacial score (nSPS) is 12.3. The molecule has 0 aliphatic carbocycles. The Morgan fingerprint density at radius 3 is 2.62 bits per heavy atom. The van der Waals surface area contributed by atoms with Gasteiger partial charge >= 0.3 is 5.97 Å². The number of fused-ring (bicyclic) bond motifs is 2. The summed E-state index contributed by atoms with van der Waals surface area (Å²) >= 11 is 1.49. The van der Waals surface area contributed by atoms with Crippen LogP contribution in [0.15, 0.2) is 35.1 Å². The van der Waals surface area contributed by atoms with E-state index < -0.39 is 0 Å². The molecule has 5 heteroatoms. The Morgan fingerprint density at radius 1 is 1.14 bits per heavy atom. The van der Waals surface area contributed by atoms with E-state index in [0.29, 0.717) is 28.9 Å². The van der Waals surface area contributed by atoms with Crippen molar-refractivity contribution in [3.63, 3.8) is 0 Å². The molecule has 1 unspecified atom stereocenters. The van der Waals surface area contributed by atoms with Gasteiger partial charge in [-0.05, 0) is 49.4 Å². The molecule has 1 heterocycles. The van der Waals surface area contributed by atoms with E-state index in [9.17, 15) is 9.59 Å². The second-order valence-electron chi connectivity index (χ2n) is 7.63. The third kappa shape index (κ3) is 4.61. The van der Waals surface area contributed by atoms with E-state index in [1.807, 2.05) is 44.2 Å². The highest BCUT2D eigenvalue weighted by atomic mass is 32.1. The van der Waals surface area contributed by atoms with Gasteiger partial charge in [-0.3, -0.25) is 14.6 Å². The highest BCUT2D eigenvalue weighted by Gasteiger charge is 2.19. The molecule has 1 aromatic heterocycles. The van der Waals surface area contributed by atoms with Crippen LogP contribution in [0.2, 0.25) is 0 Å². The molecular weight excluding hydrogens is 384 g/mol. The summed E-state index contributed by atoms with van der Waals surface area (Å²) in [5, 5.41) is 1.32. The minimum atomic E-state index is -0.366. The molecular formula is C24H28O4S. The Balaban J connectivity index is 1.91. The number of unbranched alkanes of at least 4 members (excludes halogenated alkanes) is 1. The molecule has 29 heavy (non-hydrogen) atoms. The molecule has 0 spiro atoms. The van der Waals surface area contributed by atoms with Gasteiger partial charge in [0.15, 0.2) is 11.2 Å². The lowest BCUT2D eigenvalue weighted by molar-refractivity contribution is -0.214. The van der Waals surface area contributed by atoms with Crippen molar-refractivity contribution in [1.82, 2.24) is 0 Å². The van der Waals surface area contributed by atoms with Crippen molar-refractivity contribution >= 4 is 37.5 Å². The van der Waals surface area contributed by atoms with Crippen LogP contribution in [-0.4, -0.2) is 5.97 Å². The first-order chi connectivity index (χ1) is 14.0. The van der Waals surface area contributed by atoms with Crippen molar-refractivity contribution in [2.24, 2.45) is 5.92 Å². The first kappa shape index (κ1) is 21.3. The van der Waals surface area contributed by atoms with Crippen molar-refractivity contribution in [1.29, 1.82) is 0 Å². The maximum absolute atomic E-state index is 13.0. The molecule has 0 saturated carbocycles. The lowest BCUT2D eigenvalue weighted by atomic mass is 9.96. The van der Waals surface area contributed by atoms with E-state index in [1.54, 1.807) is 0 Å². The summed E-state index contributed by atoms with van der Waals surface area (Å²) in [5.74, 6) is 0.393. The SMILES string of the molecule is CCCCC(CC)CC(=O)OOc1c(C)cc(C)c2c(=O)c3ccccc3sc12. The quantitative estimate of drug-likeness (QED) is 0.241. The van der Waals surface area contributed by atoms with Crippen molar-refractivity contribution in [2.75, 3.05) is 0 Å². The number of rotatable bonds is 8. The van der Waals surface area contributed by atoms with Gasteiger partial charge in [0.2, 0.25) is 0 Å². The number of carbonyl (C=O) groups is 1. The van der Waals surface area contributed by atoms with Gasteiger partial charge < -0.3 is 0 Å². The summed E-state index contributed by atoms with van der Waals surface area (Å²) in [7, 11) is 0. The van der Waals surface area contributed by atoms with Crippen molar-refractivity contribution in [2.45, 2.75) is 59.8 Å². The Labute approximate surface area is 175 Å². The van der Waals surface area contributed by atoms with Gasteiger partial charge in [-0.1, -0.05) is 51.3 Å². The molecule has 0 N–H and O–H groups in total. The molecule has 4 nitrogen and oxygen atoms in total. The standard InChI is InChI=1S/C24H28O4S/c1-5-7-10-17(6-2)14-20(25)27-28-23-16(4)13-15(3)21-22(26)18-11-8-9-12-19(18)29-24(21)23/h8-9,11-13,17H,5-7,10,14H2,1-4H3. The monoisotopic (exact) mass is 412 g/mol. The van der Waals surface area contributed by atoms with Crippen molar-refractivity contribution < 1.29 is 14.6 Å². The van der Waals surface area contributed by atoms with Gasteiger partial charge in [0.25, 0.3) is 0 Å². The van der Waals surface area contributed by atoms with Crippen LogP contribution >= 0.6 is 11.3 Å². The van der Waals surface area contributed by atoms with Crippen LogP contribution < -0.4 is 10.3 Å². The van der Waals surface area contributed by atoms with Crippen LogP contribution in [-0.2, 0) is 9.68 Å². The average molecular weight is 413 g/mol. The van der Waals surface area contributed by atoms with E-state index in [0.717, 1.165) is 46.2 Å². The van der Waals surface area contributed by atoms with Gasteiger partial charge in [-0.2, -0.15) is 0 Å². The maximum Gasteiger partial charge on any atom is 0.355 e. The number of carbonyl (C=O) groups excluding carboxylic acids is 1. The summed E-state index contributed by atoms with van der Waals surface area (Å²) in [6.45, 7) is 8.06. The van der Waals surface area contributed by atoms with Crippen LogP contribution in [0.3, 0.4) is 0 Å². The molecule has 3 aromatic rings. The minimum absolute atomic E-state index is 0.0198. The van der Waals surface area contributed by atoms with Crippen LogP contribution in [0, 0.1) is 19.8 Å². The fourth-order valence-corrected chi connectivity index (χ4v) is 4.99. The van der Waals surface area contributed by atoms with Gasteiger partial charge in [0.05, 0.1) is 11.1 Å². The lowest BCUT2D eigenvalue weighted by Gasteiger charge is -2.15. The molecule has 2 aromatic carbocycles. The van der Waals surface area contributed by atoms with E-state index in [-0.39, 0.29) is 11.4 Å². The van der Waals surface area contributed by atoms with Gasteiger partial charge in [0, 0.05) is 15.5 Å². The largest absolute Gasteiger partial charge is 0.355 e. The topological polar surface area (TPSA) is 52.6 Å². The predicted molar refractivity (Wildman–Crippen MR) is 120 cm³/mol. The maximum atomic E-state index is 13.0. The van der Waals surface area contributed by atoms with Gasteiger partial charge in [0.1, 0.15) is 0 Å². The van der Waals surface area contributed by atoms with Crippen LogP contribution in [0.4, 0.5) is 0 Å². The van der Waals surface area contributed by atoms with Crippen molar-refractivity contribution in [3.8, 4) is 5.75 Å². The van der Waals surface area contributed by atoms with E-state index in [1.165, 1.54) is 11.3 Å². The molecule has 0 bridgehead atoms. The second-order valence-corrected chi connectivity index (χ2v) is 8.68. The Kier molecular flexibility index (Phi) is 6.91. The smallest absolute Gasteiger partial charge is 0.288 e. The zero-order valence-corrected chi connectivity index (χ0v) is 18.4. The third-order valence-electron chi connectivity index (χ3n) is 5.41. The lowest BCUT2D eigenvalue weighted by Crippen LogP contribution is -2.14. The molecule has 0 fully saturated rings. The van der Waals surface area contributed by atoms with E-state index in [4.69, 9.17) is 9.78 Å². The molecule has 0 radical (unpaired) electrons. The van der Waals surface area contributed by atoms with E-state index >= 15 is 0 Å². The zero-order valence-electron chi connectivity index (χ0n) is 17.5. The average Bonchev–Trinajstić information content (AvgIpc) is 2.70. The first-order valence-electron chi connectivity index (χ1n) is 10.3. The summed E-state index contributed by atoms with van der Waals surface area (Å²) in [6, 6.07) is 9.45. The first-order valence-corrected chi connectivity index (χ1v) is 11.1. The Bertz CT molecular complexity index is 1080. The molecule has 0 amide bonds. The summed E-state index contributed by atoms with van der Waals surface area (Å²) < 4.78 is 1.61. The highest BCUT2D eigenvalue weighted by molar-refractivity contribution is 7.25. The molecule has 0 aliphatic rings. The second kappa shape index (κ2) is 9.40. The van der Waals surface area contributed by atoms with Crippen LogP contribution in [0.1, 0.15) is 57.1 Å². The molecule has 0 aliphatic heterocycles. The number of benzene rings is 2. The number of hydrogen-bond donors (Lipinski definition) is 0. The highest BCUT2D eigenvalue weighted by Crippen LogP contribution is 2.36. The Hall–Kier alpha value is -2.40. The fourth-order valence-electron chi connectivity index (χ4n) is 3.71. The van der Waals surface area contributed by atoms with Crippen LogP contribution in [0.5, 0.6) is 5.75 Å². The summed E-state index contributed by atoms with van der Waals surface area (Å²) in [6.07, 6.45) is 4.52. The molecule has 1 atom stereocenters. The molecule has 0 saturated heterocycles. The van der Waals surface area contributed by atoms with Gasteiger partial charge in [-0.25, -0.2) is 4.79 Å². The minimum Gasteiger partial charge on any atom is -0.288 e. The van der Waals surface area contributed by atoms with Crippen molar-refractivity contribution in [3.05, 3.63) is 51.7 Å². The molecule has 3 rings (SSSR count). The zero-order chi connectivity index (χ0) is 21.0. The predicted octanol–water partition coefficient (Wildman–Crippen LogP) is 6.48. The molecule has 154 valence electrons. The summed E-state index contributed by atoms with van der Waals surface area (Å²) in [4.78, 5) is 36.1. The summed E-state index contributed by atoms with van der Waals surface area (Å²) in [5.41, 5.74) is 1.72. The number of aryl methyl sites for hydroxylation is 2. The number of hydrogen-bond acceptors (Lipinski definition) is 5. The Morgan fingerprint density at radius 2 is 1.90 bits per heavy atom. The fraction of sp³-hybridized carbons (Fsp3) is 0.417. The third-order valence-corrected chi connectivity index (χ3v) is 6.58. The van der Waals surface area contributed by atoms with Crippen LogP contribution in [0.25, 0.3) is 20.2 Å². The van der Waals surface area contributed by atoms with Gasteiger partial charge in [-0.15, -0.1) is 11.3 Å².